The Morgan fingerprint density at radius 1 is 1.38 bits per heavy atom. The van der Waals surface area contributed by atoms with Crippen LogP contribution in [0.4, 0.5) is 8.78 Å². The summed E-state index contributed by atoms with van der Waals surface area (Å²) < 4.78 is 31.2. The summed E-state index contributed by atoms with van der Waals surface area (Å²) >= 11 is 0. The Balaban J connectivity index is 2.02. The van der Waals surface area contributed by atoms with Crippen LogP contribution in [0.3, 0.4) is 0 Å². The average Bonchev–Trinajstić information content (AvgIpc) is 2.64. The number of benzene rings is 1. The van der Waals surface area contributed by atoms with E-state index in [-0.39, 0.29) is 18.1 Å². The van der Waals surface area contributed by atoms with Crippen molar-refractivity contribution in [3.05, 3.63) is 35.4 Å². The molecule has 0 radical (unpaired) electrons. The van der Waals surface area contributed by atoms with Crippen LogP contribution >= 0.6 is 0 Å². The van der Waals surface area contributed by atoms with Gasteiger partial charge in [0, 0.05) is 18.5 Å². The fourth-order valence-corrected chi connectivity index (χ4v) is 1.61. The van der Waals surface area contributed by atoms with Gasteiger partial charge >= 0.3 is 5.97 Å². The summed E-state index contributed by atoms with van der Waals surface area (Å²) in [6, 6.07) is 3.22. The molecule has 86 valence electrons. The molecule has 0 bridgehead atoms. The number of carbonyl (C=O) groups is 1. The number of nitrogens with one attached hydrogen (secondary N) is 1. The molecule has 1 atom stereocenters. The van der Waals surface area contributed by atoms with Gasteiger partial charge in [-0.05, 0) is 12.1 Å². The van der Waals surface area contributed by atoms with E-state index >= 15 is 0 Å². The lowest BCUT2D eigenvalue weighted by molar-refractivity contribution is -0.139. The number of hydrogen-bond acceptors (Lipinski definition) is 3. The van der Waals surface area contributed by atoms with E-state index in [0.717, 1.165) is 0 Å². The van der Waals surface area contributed by atoms with Gasteiger partial charge in [-0.3, -0.25) is 10.1 Å². The van der Waals surface area contributed by atoms with Gasteiger partial charge in [0.25, 0.3) is 0 Å². The predicted molar refractivity (Wildman–Crippen MR) is 52.6 cm³/mol. The summed E-state index contributed by atoms with van der Waals surface area (Å²) in [5.41, 5.74) is -0.0535. The van der Waals surface area contributed by atoms with E-state index in [4.69, 9.17) is 4.74 Å². The van der Waals surface area contributed by atoms with Gasteiger partial charge in [-0.15, -0.1) is 0 Å². The highest BCUT2D eigenvalue weighted by molar-refractivity contribution is 5.77. The van der Waals surface area contributed by atoms with Crippen molar-refractivity contribution >= 4 is 5.97 Å². The molecule has 1 aromatic rings. The standard InChI is InChI=1S/C11H11F2NO2/c12-8-2-1-3-9(13)7(8)6-14-10-4-5-16-11(10)15/h1-3,10,14H,4-6H2. The molecule has 1 fully saturated rings. The molecule has 1 unspecified atom stereocenters. The molecule has 1 aliphatic rings. The largest absolute Gasteiger partial charge is 0.464 e. The lowest BCUT2D eigenvalue weighted by atomic mass is 10.1. The molecule has 1 saturated heterocycles. The lowest BCUT2D eigenvalue weighted by Gasteiger charge is -2.09. The molecule has 16 heavy (non-hydrogen) atoms. The number of ether oxygens (including phenoxy) is 1. The Morgan fingerprint density at radius 2 is 2.06 bits per heavy atom. The quantitative estimate of drug-likeness (QED) is 0.792. The van der Waals surface area contributed by atoms with Crippen LogP contribution in [0.15, 0.2) is 18.2 Å². The normalized spacial score (nSPS) is 19.9. The number of esters is 1. The fourth-order valence-electron chi connectivity index (χ4n) is 1.61. The third-order valence-corrected chi connectivity index (χ3v) is 2.52. The van der Waals surface area contributed by atoms with Gasteiger partial charge in [0.2, 0.25) is 0 Å². The number of carbonyl (C=O) groups excluding carboxylic acids is 1. The zero-order chi connectivity index (χ0) is 11.5. The molecule has 2 rings (SSSR count). The maximum Gasteiger partial charge on any atom is 0.323 e. The zero-order valence-electron chi connectivity index (χ0n) is 8.50. The summed E-state index contributed by atoms with van der Waals surface area (Å²) in [4.78, 5) is 11.1. The van der Waals surface area contributed by atoms with Crippen LogP contribution < -0.4 is 5.32 Å². The number of cyclic esters (lactones) is 1. The molecule has 1 N–H and O–H groups in total. The van der Waals surface area contributed by atoms with Gasteiger partial charge in [0.15, 0.2) is 0 Å². The van der Waals surface area contributed by atoms with E-state index in [0.29, 0.717) is 13.0 Å². The third-order valence-electron chi connectivity index (χ3n) is 2.52. The van der Waals surface area contributed by atoms with Crippen LogP contribution in [0.25, 0.3) is 0 Å². The van der Waals surface area contributed by atoms with Crippen molar-refractivity contribution in [2.75, 3.05) is 6.61 Å². The number of hydrogen-bond donors (Lipinski definition) is 1. The first-order valence-corrected chi connectivity index (χ1v) is 5.01. The van der Waals surface area contributed by atoms with Gasteiger partial charge in [0.05, 0.1) is 6.61 Å². The summed E-state index contributed by atoms with van der Waals surface area (Å²) in [5.74, 6) is -1.59. The molecule has 1 aromatic carbocycles. The van der Waals surface area contributed by atoms with Gasteiger partial charge in [-0.25, -0.2) is 8.78 Å². The summed E-state index contributed by atoms with van der Waals surface area (Å²) in [6.45, 7) is 0.342. The van der Waals surface area contributed by atoms with E-state index in [9.17, 15) is 13.6 Å². The molecule has 0 amide bonds. The fraction of sp³-hybridized carbons (Fsp3) is 0.364. The van der Waals surface area contributed by atoms with Crippen molar-refractivity contribution in [1.82, 2.24) is 5.32 Å². The highest BCUT2D eigenvalue weighted by Gasteiger charge is 2.26. The highest BCUT2D eigenvalue weighted by Crippen LogP contribution is 2.13. The monoisotopic (exact) mass is 227 g/mol. The molecule has 3 nitrogen and oxygen atoms in total. The van der Waals surface area contributed by atoms with E-state index in [1.807, 2.05) is 0 Å². The predicted octanol–water partition coefficient (Wildman–Crippen LogP) is 1.37. The molecule has 0 aliphatic carbocycles. The van der Waals surface area contributed by atoms with Crippen LogP contribution in [-0.4, -0.2) is 18.6 Å². The third kappa shape index (κ3) is 2.19. The van der Waals surface area contributed by atoms with Crippen LogP contribution in [0.2, 0.25) is 0 Å². The Kier molecular flexibility index (Phi) is 3.14. The molecule has 0 spiro atoms. The van der Waals surface area contributed by atoms with Crippen molar-refractivity contribution in [1.29, 1.82) is 0 Å². The van der Waals surface area contributed by atoms with Crippen molar-refractivity contribution in [2.24, 2.45) is 0 Å². The molecular weight excluding hydrogens is 216 g/mol. The lowest BCUT2D eigenvalue weighted by Crippen LogP contribution is -2.33. The van der Waals surface area contributed by atoms with E-state index in [2.05, 4.69) is 5.32 Å². The molecule has 1 heterocycles. The van der Waals surface area contributed by atoms with E-state index in [1.165, 1.54) is 18.2 Å². The SMILES string of the molecule is O=C1OCCC1NCc1c(F)cccc1F. The molecule has 0 saturated carbocycles. The van der Waals surface area contributed by atoms with E-state index < -0.39 is 17.7 Å². The topological polar surface area (TPSA) is 38.3 Å². The Bertz CT molecular complexity index is 389. The Labute approximate surface area is 91.4 Å². The molecule has 5 heteroatoms. The molecule has 1 aliphatic heterocycles. The minimum absolute atomic E-state index is 0.0156. The Hall–Kier alpha value is -1.49. The minimum Gasteiger partial charge on any atom is -0.464 e. The van der Waals surface area contributed by atoms with Crippen LogP contribution in [-0.2, 0) is 16.1 Å². The smallest absolute Gasteiger partial charge is 0.323 e. The van der Waals surface area contributed by atoms with Gasteiger partial charge in [-0.1, -0.05) is 6.07 Å². The first-order chi connectivity index (χ1) is 7.68. The zero-order valence-corrected chi connectivity index (χ0v) is 8.50. The average molecular weight is 227 g/mol. The van der Waals surface area contributed by atoms with Gasteiger partial charge in [-0.2, -0.15) is 0 Å². The molecular formula is C11H11F2NO2. The molecule has 0 aromatic heterocycles. The van der Waals surface area contributed by atoms with Crippen LogP contribution in [0.1, 0.15) is 12.0 Å². The highest BCUT2D eigenvalue weighted by atomic mass is 19.1. The van der Waals surface area contributed by atoms with Gasteiger partial charge < -0.3 is 4.74 Å². The van der Waals surface area contributed by atoms with Gasteiger partial charge in [0.1, 0.15) is 17.7 Å². The number of halogens is 2. The van der Waals surface area contributed by atoms with E-state index in [1.54, 1.807) is 0 Å². The maximum absolute atomic E-state index is 13.2. The van der Waals surface area contributed by atoms with Crippen molar-refractivity contribution < 1.29 is 18.3 Å². The first-order valence-electron chi connectivity index (χ1n) is 5.01. The summed E-state index contributed by atoms with van der Waals surface area (Å²) in [7, 11) is 0. The van der Waals surface area contributed by atoms with Crippen LogP contribution in [0, 0.1) is 11.6 Å². The minimum atomic E-state index is -0.612. The second-order valence-electron chi connectivity index (χ2n) is 3.59. The summed E-state index contributed by atoms with van der Waals surface area (Å²) in [6.07, 6.45) is 0.537. The van der Waals surface area contributed by atoms with Crippen molar-refractivity contribution in [3.63, 3.8) is 0 Å². The maximum atomic E-state index is 13.2. The van der Waals surface area contributed by atoms with Crippen molar-refractivity contribution in [3.8, 4) is 0 Å². The van der Waals surface area contributed by atoms with Crippen LogP contribution in [0.5, 0.6) is 0 Å². The number of rotatable bonds is 3. The summed E-state index contributed by atoms with van der Waals surface area (Å²) in [5, 5.41) is 2.77. The first kappa shape index (κ1) is 11.0. The second-order valence-corrected chi connectivity index (χ2v) is 3.59. The second kappa shape index (κ2) is 4.57. The van der Waals surface area contributed by atoms with Crippen molar-refractivity contribution in [2.45, 2.75) is 19.0 Å². The Morgan fingerprint density at radius 3 is 2.62 bits per heavy atom.